The van der Waals surface area contributed by atoms with Gasteiger partial charge in [-0.15, -0.1) is 0 Å². The van der Waals surface area contributed by atoms with Crippen LogP contribution in [0.4, 0.5) is 0 Å². The molecule has 0 aliphatic heterocycles. The molecule has 0 fully saturated rings. The molecule has 0 spiro atoms. The third kappa shape index (κ3) is 2.49. The Kier molecular flexibility index (Phi) is 3.21. The van der Waals surface area contributed by atoms with Gasteiger partial charge in [-0.2, -0.15) is 0 Å². The number of nitrogens with zero attached hydrogens (tertiary/aromatic N) is 2. The Labute approximate surface area is 104 Å². The van der Waals surface area contributed by atoms with E-state index in [-0.39, 0.29) is 5.41 Å². The van der Waals surface area contributed by atoms with Crippen molar-refractivity contribution in [1.29, 1.82) is 0 Å². The van der Waals surface area contributed by atoms with Crippen molar-refractivity contribution in [3.8, 4) is 0 Å². The van der Waals surface area contributed by atoms with Crippen molar-refractivity contribution in [2.45, 2.75) is 52.4 Å². The Balaban J connectivity index is 2.40. The Morgan fingerprint density at radius 3 is 2.59 bits per heavy atom. The molecule has 0 radical (unpaired) electrons. The van der Waals surface area contributed by atoms with Gasteiger partial charge in [-0.1, -0.05) is 20.8 Å². The molecular formula is C14H23N3. The second-order valence-corrected chi connectivity index (χ2v) is 6.15. The molecule has 1 aliphatic carbocycles. The first kappa shape index (κ1) is 12.5. The van der Waals surface area contributed by atoms with E-state index >= 15 is 0 Å². The number of hydrogen-bond donors (Lipinski definition) is 1. The number of nitrogens with two attached hydrogens (primary N) is 1. The maximum atomic E-state index is 5.77. The summed E-state index contributed by atoms with van der Waals surface area (Å²) in [7, 11) is 0. The van der Waals surface area contributed by atoms with E-state index in [1.165, 1.54) is 17.7 Å². The van der Waals surface area contributed by atoms with Gasteiger partial charge in [0.1, 0.15) is 5.82 Å². The highest BCUT2D eigenvalue weighted by Gasteiger charge is 2.25. The van der Waals surface area contributed by atoms with E-state index in [0.29, 0.717) is 5.92 Å². The van der Waals surface area contributed by atoms with Crippen molar-refractivity contribution >= 4 is 0 Å². The first-order chi connectivity index (χ1) is 7.91. The standard InChI is InChI=1S/C14H23N3/c1-9-11-7-10(8-15)5-6-12(11)17-13(16-9)14(2,3)4/h10H,5-8,15H2,1-4H3. The first-order valence-electron chi connectivity index (χ1n) is 6.48. The van der Waals surface area contributed by atoms with Crippen LogP contribution in [-0.4, -0.2) is 16.5 Å². The summed E-state index contributed by atoms with van der Waals surface area (Å²) in [6.45, 7) is 9.38. The second kappa shape index (κ2) is 4.37. The SMILES string of the molecule is Cc1nc(C(C)(C)C)nc2c1CC(CN)CC2. The van der Waals surface area contributed by atoms with E-state index in [0.717, 1.165) is 30.9 Å². The van der Waals surface area contributed by atoms with Gasteiger partial charge in [0.2, 0.25) is 0 Å². The average Bonchev–Trinajstić information content (AvgIpc) is 2.27. The number of aryl methyl sites for hydroxylation is 2. The molecular weight excluding hydrogens is 210 g/mol. The van der Waals surface area contributed by atoms with Gasteiger partial charge in [-0.3, -0.25) is 0 Å². The smallest absolute Gasteiger partial charge is 0.134 e. The van der Waals surface area contributed by atoms with Crippen LogP contribution >= 0.6 is 0 Å². The van der Waals surface area contributed by atoms with Gasteiger partial charge in [0.15, 0.2) is 0 Å². The van der Waals surface area contributed by atoms with Crippen molar-refractivity contribution in [2.75, 3.05) is 6.54 Å². The molecule has 0 amide bonds. The van der Waals surface area contributed by atoms with Crippen LogP contribution in [0.25, 0.3) is 0 Å². The zero-order valence-corrected chi connectivity index (χ0v) is 11.4. The van der Waals surface area contributed by atoms with Crippen LogP contribution in [0.1, 0.15) is 50.0 Å². The molecule has 0 bridgehead atoms. The zero-order chi connectivity index (χ0) is 12.6. The molecule has 2 N–H and O–H groups in total. The highest BCUT2D eigenvalue weighted by Crippen LogP contribution is 2.28. The number of rotatable bonds is 1. The van der Waals surface area contributed by atoms with Crippen LogP contribution in [0.3, 0.4) is 0 Å². The van der Waals surface area contributed by atoms with Gasteiger partial charge in [-0.05, 0) is 44.2 Å². The summed E-state index contributed by atoms with van der Waals surface area (Å²) in [5.74, 6) is 1.59. The minimum atomic E-state index is 0.0322. The van der Waals surface area contributed by atoms with Crippen molar-refractivity contribution in [3.05, 3.63) is 22.8 Å². The molecule has 17 heavy (non-hydrogen) atoms. The Hall–Kier alpha value is -0.960. The molecule has 1 unspecified atom stereocenters. The third-order valence-corrected chi connectivity index (χ3v) is 3.59. The van der Waals surface area contributed by atoms with Gasteiger partial charge < -0.3 is 5.73 Å². The fourth-order valence-electron chi connectivity index (χ4n) is 2.40. The topological polar surface area (TPSA) is 51.8 Å². The molecule has 3 nitrogen and oxygen atoms in total. The largest absolute Gasteiger partial charge is 0.330 e. The molecule has 3 heteroatoms. The molecule has 1 aromatic heterocycles. The monoisotopic (exact) mass is 233 g/mol. The van der Waals surface area contributed by atoms with Crippen molar-refractivity contribution < 1.29 is 0 Å². The fourth-order valence-corrected chi connectivity index (χ4v) is 2.40. The third-order valence-electron chi connectivity index (χ3n) is 3.59. The number of fused-ring (bicyclic) bond motifs is 1. The molecule has 0 saturated heterocycles. The molecule has 1 aromatic rings. The van der Waals surface area contributed by atoms with Gasteiger partial charge in [0.05, 0.1) is 0 Å². The summed E-state index contributed by atoms with van der Waals surface area (Å²) < 4.78 is 0. The van der Waals surface area contributed by atoms with Gasteiger partial charge >= 0.3 is 0 Å². The molecule has 94 valence electrons. The van der Waals surface area contributed by atoms with Crippen LogP contribution in [0, 0.1) is 12.8 Å². The molecule has 1 heterocycles. The lowest BCUT2D eigenvalue weighted by atomic mass is 9.85. The summed E-state index contributed by atoms with van der Waals surface area (Å²) in [5, 5.41) is 0. The summed E-state index contributed by atoms with van der Waals surface area (Å²) in [5.41, 5.74) is 9.56. The second-order valence-electron chi connectivity index (χ2n) is 6.15. The highest BCUT2D eigenvalue weighted by molar-refractivity contribution is 5.29. The van der Waals surface area contributed by atoms with Gasteiger partial charge in [0, 0.05) is 16.8 Å². The van der Waals surface area contributed by atoms with E-state index in [2.05, 4.69) is 32.7 Å². The lowest BCUT2D eigenvalue weighted by molar-refractivity contribution is 0.451. The number of aromatic nitrogens is 2. The number of hydrogen-bond acceptors (Lipinski definition) is 3. The highest BCUT2D eigenvalue weighted by atomic mass is 14.9. The van der Waals surface area contributed by atoms with Crippen LogP contribution in [0.2, 0.25) is 0 Å². The minimum absolute atomic E-state index is 0.0322. The lowest BCUT2D eigenvalue weighted by Crippen LogP contribution is -2.26. The Bertz CT molecular complexity index is 418. The predicted molar refractivity (Wildman–Crippen MR) is 70.0 cm³/mol. The summed E-state index contributed by atoms with van der Waals surface area (Å²) in [6, 6.07) is 0. The van der Waals surface area contributed by atoms with E-state index in [1.54, 1.807) is 0 Å². The minimum Gasteiger partial charge on any atom is -0.330 e. The van der Waals surface area contributed by atoms with Crippen LogP contribution in [0.15, 0.2) is 0 Å². The van der Waals surface area contributed by atoms with Crippen molar-refractivity contribution in [1.82, 2.24) is 9.97 Å². The molecule has 1 aliphatic rings. The van der Waals surface area contributed by atoms with Crippen LogP contribution in [0.5, 0.6) is 0 Å². The Morgan fingerprint density at radius 2 is 2.00 bits per heavy atom. The fraction of sp³-hybridized carbons (Fsp3) is 0.714. The molecule has 1 atom stereocenters. The van der Waals surface area contributed by atoms with E-state index < -0.39 is 0 Å². The summed E-state index contributed by atoms with van der Waals surface area (Å²) in [4.78, 5) is 9.44. The quantitative estimate of drug-likeness (QED) is 0.808. The maximum Gasteiger partial charge on any atom is 0.134 e. The molecule has 2 rings (SSSR count). The average molecular weight is 233 g/mol. The summed E-state index contributed by atoms with van der Waals surface area (Å²) >= 11 is 0. The maximum absolute atomic E-state index is 5.77. The zero-order valence-electron chi connectivity index (χ0n) is 11.4. The van der Waals surface area contributed by atoms with Crippen molar-refractivity contribution in [2.24, 2.45) is 11.7 Å². The van der Waals surface area contributed by atoms with Gasteiger partial charge in [-0.25, -0.2) is 9.97 Å². The molecule has 0 aromatic carbocycles. The van der Waals surface area contributed by atoms with Gasteiger partial charge in [0.25, 0.3) is 0 Å². The van der Waals surface area contributed by atoms with E-state index in [1.807, 2.05) is 0 Å². The predicted octanol–water partition coefficient (Wildman–Crippen LogP) is 2.15. The van der Waals surface area contributed by atoms with E-state index in [4.69, 9.17) is 10.7 Å². The Morgan fingerprint density at radius 1 is 1.29 bits per heavy atom. The van der Waals surface area contributed by atoms with Crippen LogP contribution < -0.4 is 5.73 Å². The van der Waals surface area contributed by atoms with Crippen LogP contribution in [-0.2, 0) is 18.3 Å². The first-order valence-corrected chi connectivity index (χ1v) is 6.48. The van der Waals surface area contributed by atoms with Crippen molar-refractivity contribution in [3.63, 3.8) is 0 Å². The molecule has 0 saturated carbocycles. The lowest BCUT2D eigenvalue weighted by Gasteiger charge is -2.26. The normalized spacial score (nSPS) is 20.2. The van der Waals surface area contributed by atoms with E-state index in [9.17, 15) is 0 Å². The summed E-state index contributed by atoms with van der Waals surface area (Å²) in [6.07, 6.45) is 3.29.